The van der Waals surface area contributed by atoms with E-state index >= 15 is 0 Å². The van der Waals surface area contributed by atoms with E-state index in [1.165, 1.54) is 0 Å². The van der Waals surface area contributed by atoms with E-state index in [0.717, 1.165) is 30.6 Å². The van der Waals surface area contributed by atoms with Crippen LogP contribution in [0, 0.1) is 0 Å². The number of sulfonamides is 1. The lowest BCUT2D eigenvalue weighted by Gasteiger charge is -2.25. The summed E-state index contributed by atoms with van der Waals surface area (Å²) in [5, 5.41) is 2.98. The summed E-state index contributed by atoms with van der Waals surface area (Å²) in [4.78, 5) is 12.6. The van der Waals surface area contributed by atoms with Gasteiger partial charge in [-0.3, -0.25) is 4.79 Å². The molecule has 1 atom stereocenters. The average Bonchev–Trinajstić information content (AvgIpc) is 2.75. The van der Waals surface area contributed by atoms with E-state index in [-0.39, 0.29) is 17.7 Å². The van der Waals surface area contributed by atoms with E-state index in [2.05, 4.69) is 5.32 Å². The van der Waals surface area contributed by atoms with Crippen molar-refractivity contribution in [2.75, 3.05) is 19.7 Å². The van der Waals surface area contributed by atoms with Crippen molar-refractivity contribution in [1.82, 2.24) is 9.62 Å². The Bertz CT molecular complexity index is 934. The van der Waals surface area contributed by atoms with Crippen LogP contribution in [0.5, 0.6) is 5.75 Å². The van der Waals surface area contributed by atoms with Crippen molar-refractivity contribution in [3.63, 3.8) is 0 Å². The number of benzene rings is 2. The van der Waals surface area contributed by atoms with Crippen molar-refractivity contribution in [1.29, 1.82) is 0 Å². The van der Waals surface area contributed by atoms with Gasteiger partial charge in [0.25, 0.3) is 5.91 Å². The molecular formula is C23H30N2O4S. The third-order valence-corrected chi connectivity index (χ3v) is 7.16. The zero-order chi connectivity index (χ0) is 21.6. The summed E-state index contributed by atoms with van der Waals surface area (Å²) < 4.78 is 32.2. The fourth-order valence-electron chi connectivity index (χ4n) is 3.58. The zero-order valence-electron chi connectivity index (χ0n) is 17.6. The molecule has 30 heavy (non-hydrogen) atoms. The number of amides is 1. The van der Waals surface area contributed by atoms with Crippen LogP contribution in [0.4, 0.5) is 0 Å². The first kappa shape index (κ1) is 22.3. The van der Waals surface area contributed by atoms with E-state index in [0.29, 0.717) is 30.8 Å². The summed E-state index contributed by atoms with van der Waals surface area (Å²) in [6.45, 7) is 5.68. The minimum Gasteiger partial charge on any atom is -0.494 e. The highest BCUT2D eigenvalue weighted by molar-refractivity contribution is 7.88. The first-order valence-electron chi connectivity index (χ1n) is 10.5. The number of carbonyl (C=O) groups excluding carboxylic acids is 1. The smallest absolute Gasteiger partial charge is 0.251 e. The van der Waals surface area contributed by atoms with Gasteiger partial charge in [-0.15, -0.1) is 0 Å². The van der Waals surface area contributed by atoms with Crippen LogP contribution in [0.25, 0.3) is 0 Å². The van der Waals surface area contributed by atoms with Gasteiger partial charge in [0.2, 0.25) is 10.0 Å². The first-order valence-corrected chi connectivity index (χ1v) is 12.1. The summed E-state index contributed by atoms with van der Waals surface area (Å²) >= 11 is 0. The Balaban J connectivity index is 1.59. The predicted octanol–water partition coefficient (Wildman–Crippen LogP) is 3.89. The molecule has 0 aromatic heterocycles. The van der Waals surface area contributed by atoms with E-state index in [4.69, 9.17) is 4.74 Å². The number of carbonyl (C=O) groups is 1. The van der Waals surface area contributed by atoms with Crippen molar-refractivity contribution in [3.8, 4) is 5.75 Å². The maximum Gasteiger partial charge on any atom is 0.251 e. The number of piperidine rings is 1. The second kappa shape index (κ2) is 10.1. The molecule has 1 fully saturated rings. The van der Waals surface area contributed by atoms with Crippen LogP contribution in [0.15, 0.2) is 48.5 Å². The number of hydrogen-bond donors (Lipinski definition) is 1. The van der Waals surface area contributed by atoms with E-state index in [1.54, 1.807) is 28.6 Å². The van der Waals surface area contributed by atoms with E-state index in [1.807, 2.05) is 38.1 Å². The third kappa shape index (κ3) is 5.83. The van der Waals surface area contributed by atoms with Crippen LogP contribution < -0.4 is 10.1 Å². The van der Waals surface area contributed by atoms with Gasteiger partial charge in [0, 0.05) is 18.7 Å². The summed E-state index contributed by atoms with van der Waals surface area (Å²) in [6, 6.07) is 14.3. The van der Waals surface area contributed by atoms with Gasteiger partial charge >= 0.3 is 0 Å². The third-order valence-electron chi connectivity index (χ3n) is 5.31. The Morgan fingerprint density at radius 1 is 1.03 bits per heavy atom. The SMILES string of the molecule is CCOc1ccc([C@H](C)NC(=O)c2ccc(CS(=O)(=O)N3CCCCC3)cc2)cc1. The molecule has 0 saturated carbocycles. The Labute approximate surface area is 179 Å². The normalized spacial score (nSPS) is 16.1. The van der Waals surface area contributed by atoms with Gasteiger partial charge in [0.15, 0.2) is 0 Å². The molecule has 162 valence electrons. The van der Waals surface area contributed by atoms with Gasteiger partial charge in [-0.05, 0) is 62.1 Å². The maximum atomic E-state index is 12.6. The molecule has 0 radical (unpaired) electrons. The Morgan fingerprint density at radius 3 is 2.27 bits per heavy atom. The van der Waals surface area contributed by atoms with Crippen molar-refractivity contribution in [2.45, 2.75) is 44.9 Å². The molecule has 3 rings (SSSR count). The highest BCUT2D eigenvalue weighted by Crippen LogP contribution is 2.19. The Hall–Kier alpha value is -2.38. The predicted molar refractivity (Wildman–Crippen MR) is 118 cm³/mol. The monoisotopic (exact) mass is 430 g/mol. The number of hydrogen-bond acceptors (Lipinski definition) is 4. The van der Waals surface area contributed by atoms with Crippen LogP contribution in [-0.4, -0.2) is 38.3 Å². The summed E-state index contributed by atoms with van der Waals surface area (Å²) in [6.07, 6.45) is 2.93. The molecular weight excluding hydrogens is 400 g/mol. The molecule has 0 bridgehead atoms. The molecule has 2 aromatic rings. The van der Waals surface area contributed by atoms with Crippen LogP contribution in [0.1, 0.15) is 60.6 Å². The number of ether oxygens (including phenoxy) is 1. The Kier molecular flexibility index (Phi) is 7.50. The van der Waals surface area contributed by atoms with Crippen LogP contribution >= 0.6 is 0 Å². The van der Waals surface area contributed by atoms with Crippen LogP contribution in [-0.2, 0) is 15.8 Å². The van der Waals surface area contributed by atoms with Crippen molar-refractivity contribution < 1.29 is 17.9 Å². The second-order valence-electron chi connectivity index (χ2n) is 7.61. The quantitative estimate of drug-likeness (QED) is 0.689. The number of nitrogens with one attached hydrogen (secondary N) is 1. The molecule has 1 aliphatic rings. The average molecular weight is 431 g/mol. The van der Waals surface area contributed by atoms with Gasteiger partial charge in [-0.2, -0.15) is 0 Å². The molecule has 2 aromatic carbocycles. The Morgan fingerprint density at radius 2 is 1.67 bits per heavy atom. The molecule has 7 heteroatoms. The van der Waals surface area contributed by atoms with Crippen molar-refractivity contribution in [2.24, 2.45) is 0 Å². The number of nitrogens with zero attached hydrogens (tertiary/aromatic N) is 1. The highest BCUT2D eigenvalue weighted by atomic mass is 32.2. The topological polar surface area (TPSA) is 75.7 Å². The fraction of sp³-hybridized carbons (Fsp3) is 0.435. The molecule has 1 aliphatic heterocycles. The standard InChI is InChI=1S/C23H30N2O4S/c1-3-29-22-13-11-20(12-14-22)18(2)24-23(26)21-9-7-19(8-10-21)17-30(27,28)25-15-5-4-6-16-25/h7-14,18H,3-6,15-17H2,1-2H3,(H,24,26)/t18-/m0/s1. The molecule has 1 saturated heterocycles. The second-order valence-corrected chi connectivity index (χ2v) is 9.58. The van der Waals surface area contributed by atoms with Gasteiger partial charge in [-0.1, -0.05) is 30.7 Å². The van der Waals surface area contributed by atoms with Crippen LogP contribution in [0.2, 0.25) is 0 Å². The fourth-order valence-corrected chi connectivity index (χ4v) is 5.19. The van der Waals surface area contributed by atoms with Gasteiger partial charge in [0.05, 0.1) is 18.4 Å². The lowest BCUT2D eigenvalue weighted by Crippen LogP contribution is -2.36. The summed E-state index contributed by atoms with van der Waals surface area (Å²) in [7, 11) is -3.31. The summed E-state index contributed by atoms with van der Waals surface area (Å²) in [5.74, 6) is 0.578. The molecule has 1 amide bonds. The van der Waals surface area contributed by atoms with Gasteiger partial charge < -0.3 is 10.1 Å². The molecule has 1 heterocycles. The molecule has 0 aliphatic carbocycles. The largest absolute Gasteiger partial charge is 0.494 e. The lowest BCUT2D eigenvalue weighted by atomic mass is 10.1. The first-order chi connectivity index (χ1) is 14.4. The molecule has 6 nitrogen and oxygen atoms in total. The maximum absolute atomic E-state index is 12.6. The van der Waals surface area contributed by atoms with Crippen molar-refractivity contribution >= 4 is 15.9 Å². The van der Waals surface area contributed by atoms with Gasteiger partial charge in [-0.25, -0.2) is 12.7 Å². The molecule has 0 spiro atoms. The summed E-state index contributed by atoms with van der Waals surface area (Å²) in [5.41, 5.74) is 2.18. The van der Waals surface area contributed by atoms with E-state index in [9.17, 15) is 13.2 Å². The minimum atomic E-state index is -3.31. The minimum absolute atomic E-state index is 0.0303. The van der Waals surface area contributed by atoms with Crippen molar-refractivity contribution in [3.05, 3.63) is 65.2 Å². The number of rotatable bonds is 8. The van der Waals surface area contributed by atoms with E-state index < -0.39 is 10.0 Å². The van der Waals surface area contributed by atoms with Crippen LogP contribution in [0.3, 0.4) is 0 Å². The molecule has 0 unspecified atom stereocenters. The van der Waals surface area contributed by atoms with Gasteiger partial charge in [0.1, 0.15) is 5.75 Å². The highest BCUT2D eigenvalue weighted by Gasteiger charge is 2.24. The lowest BCUT2D eigenvalue weighted by molar-refractivity contribution is 0.0940. The molecule has 1 N–H and O–H groups in total. The zero-order valence-corrected chi connectivity index (χ0v) is 18.5.